The maximum Gasteiger partial charge on any atom is 0.266 e. The molecule has 0 aliphatic carbocycles. The van der Waals surface area contributed by atoms with Crippen LogP contribution in [-0.2, 0) is 26.1 Å². The van der Waals surface area contributed by atoms with Gasteiger partial charge in [0.1, 0.15) is 0 Å². The Morgan fingerprint density at radius 1 is 1.22 bits per heavy atom. The van der Waals surface area contributed by atoms with Crippen LogP contribution in [0.1, 0.15) is 42.7 Å². The Morgan fingerprint density at radius 3 is 2.61 bits per heavy atom. The minimum atomic E-state index is -3.72. The number of hydrogen-bond acceptors (Lipinski definition) is 6. The van der Waals surface area contributed by atoms with E-state index >= 15 is 0 Å². The average Bonchev–Trinajstić information content (AvgIpc) is 2.52. The highest BCUT2D eigenvalue weighted by molar-refractivity contribution is 7.90. The number of unbranched alkanes of at least 4 members (excludes halogenated alkanes) is 1. The highest BCUT2D eigenvalue weighted by Crippen LogP contribution is 2.03. The zero-order valence-electron chi connectivity index (χ0n) is 13.6. The first-order valence-corrected chi connectivity index (χ1v) is 9.29. The van der Waals surface area contributed by atoms with Gasteiger partial charge in [0.05, 0.1) is 30.2 Å². The van der Waals surface area contributed by atoms with Crippen LogP contribution >= 0.6 is 0 Å². The zero-order valence-corrected chi connectivity index (χ0v) is 14.4. The number of nitrogens with zero attached hydrogens (tertiary/aromatic N) is 1. The molecule has 0 saturated carbocycles. The number of hydrogen-bond donors (Lipinski definition) is 1. The minimum Gasteiger partial charge on any atom is -0.380 e. The lowest BCUT2D eigenvalue weighted by Crippen LogP contribution is -2.34. The van der Waals surface area contributed by atoms with Gasteiger partial charge in [0.2, 0.25) is 10.0 Å². The van der Waals surface area contributed by atoms with Gasteiger partial charge in [0, 0.05) is 19.4 Å². The highest BCUT2D eigenvalue weighted by Gasteiger charge is 2.16. The molecule has 0 atom stereocenters. The maximum atomic E-state index is 11.9. The van der Waals surface area contributed by atoms with Gasteiger partial charge in [-0.25, -0.2) is 13.1 Å². The van der Waals surface area contributed by atoms with Crippen LogP contribution in [0.3, 0.4) is 0 Å². The summed E-state index contributed by atoms with van der Waals surface area (Å²) in [5.74, 6) is -0.952. The van der Waals surface area contributed by atoms with Crippen LogP contribution in [0, 0.1) is 0 Å². The number of carbonyl (C=O) groups excluding carboxylic acids is 1. The lowest BCUT2D eigenvalue weighted by molar-refractivity contribution is 0.0980. The van der Waals surface area contributed by atoms with Gasteiger partial charge < -0.3 is 9.47 Å². The van der Waals surface area contributed by atoms with Crippen LogP contribution in [-0.4, -0.2) is 44.9 Å². The van der Waals surface area contributed by atoms with Crippen LogP contribution < -0.4 is 4.72 Å². The van der Waals surface area contributed by atoms with Crippen molar-refractivity contribution < 1.29 is 22.7 Å². The Bertz CT molecular complexity index is 572. The van der Waals surface area contributed by atoms with Gasteiger partial charge in [-0.15, -0.1) is 0 Å². The third kappa shape index (κ3) is 8.06. The van der Waals surface area contributed by atoms with Gasteiger partial charge in [0.15, 0.2) is 0 Å². The Hall–Kier alpha value is -1.51. The summed E-state index contributed by atoms with van der Waals surface area (Å²) in [5.41, 5.74) is 0.858. The topological polar surface area (TPSA) is 94.6 Å². The molecule has 0 spiro atoms. The second-order valence-electron chi connectivity index (χ2n) is 4.89. The molecule has 0 saturated heterocycles. The molecule has 0 aliphatic rings. The average molecular weight is 344 g/mol. The molecular weight excluding hydrogens is 320 g/mol. The predicted molar refractivity (Wildman–Crippen MR) is 86.5 cm³/mol. The lowest BCUT2D eigenvalue weighted by atomic mass is 10.2. The molecule has 0 unspecified atom stereocenters. The summed E-state index contributed by atoms with van der Waals surface area (Å²) in [6.45, 7) is 5.40. The number of sulfonamides is 1. The maximum absolute atomic E-state index is 11.9. The molecule has 1 amide bonds. The Kier molecular flexibility index (Phi) is 8.75. The van der Waals surface area contributed by atoms with Crippen molar-refractivity contribution in [3.05, 3.63) is 29.6 Å². The fourth-order valence-corrected chi connectivity index (χ4v) is 2.46. The van der Waals surface area contributed by atoms with Crippen LogP contribution in [0.25, 0.3) is 0 Å². The number of ether oxygens (including phenoxy) is 2. The van der Waals surface area contributed by atoms with E-state index in [0.29, 0.717) is 25.5 Å². The van der Waals surface area contributed by atoms with E-state index in [4.69, 9.17) is 9.47 Å². The fraction of sp³-hybridized carbons (Fsp3) is 0.600. The van der Waals surface area contributed by atoms with Gasteiger partial charge in [-0.1, -0.05) is 13.3 Å². The predicted octanol–water partition coefficient (Wildman–Crippen LogP) is 1.49. The second kappa shape index (κ2) is 10.3. The van der Waals surface area contributed by atoms with Crippen molar-refractivity contribution in [1.29, 1.82) is 0 Å². The van der Waals surface area contributed by atoms with Crippen LogP contribution in [0.15, 0.2) is 18.3 Å². The smallest absolute Gasteiger partial charge is 0.266 e. The third-order valence-electron chi connectivity index (χ3n) is 2.93. The Balaban J connectivity index is 2.47. The summed E-state index contributed by atoms with van der Waals surface area (Å²) in [4.78, 5) is 16.0. The fourth-order valence-electron chi connectivity index (χ4n) is 1.62. The monoisotopic (exact) mass is 344 g/mol. The molecule has 1 rings (SSSR count). The summed E-state index contributed by atoms with van der Waals surface area (Å²) in [6.07, 6.45) is 3.19. The molecule has 1 N–H and O–H groups in total. The molecule has 1 heterocycles. The highest BCUT2D eigenvalue weighted by atomic mass is 32.2. The van der Waals surface area contributed by atoms with E-state index in [1.165, 1.54) is 12.3 Å². The molecule has 7 nitrogen and oxygen atoms in total. The summed E-state index contributed by atoms with van der Waals surface area (Å²) >= 11 is 0. The first kappa shape index (κ1) is 19.5. The first-order valence-electron chi connectivity index (χ1n) is 7.63. The van der Waals surface area contributed by atoms with Crippen molar-refractivity contribution in [2.45, 2.75) is 33.3 Å². The molecule has 23 heavy (non-hydrogen) atoms. The Morgan fingerprint density at radius 2 is 2.00 bits per heavy atom. The zero-order chi connectivity index (χ0) is 17.1. The largest absolute Gasteiger partial charge is 0.380 e. The van der Waals surface area contributed by atoms with Gasteiger partial charge >= 0.3 is 0 Å². The molecular formula is C15H24N2O5S. The van der Waals surface area contributed by atoms with E-state index in [9.17, 15) is 13.2 Å². The summed E-state index contributed by atoms with van der Waals surface area (Å²) in [5, 5.41) is 0. The van der Waals surface area contributed by atoms with Crippen molar-refractivity contribution in [3.63, 3.8) is 0 Å². The van der Waals surface area contributed by atoms with Gasteiger partial charge in [-0.05, 0) is 25.5 Å². The summed E-state index contributed by atoms with van der Waals surface area (Å²) in [7, 11) is -3.72. The summed E-state index contributed by atoms with van der Waals surface area (Å²) < 4.78 is 36.0. The molecule has 0 bridgehead atoms. The number of carbonyl (C=O) groups is 1. The molecule has 1 aromatic heterocycles. The number of amides is 1. The number of aromatic nitrogens is 1. The molecule has 0 fully saturated rings. The van der Waals surface area contributed by atoms with Crippen molar-refractivity contribution in [2.75, 3.05) is 25.6 Å². The molecule has 1 aromatic rings. The standard InChI is InChI=1S/C15H24N2O5S/c1-3-5-8-22-9-10-23(19,20)17-15(18)13-6-7-14(16-11-13)12-21-4-2/h6-7,11H,3-5,8-10,12H2,1-2H3,(H,17,18). The molecule has 8 heteroatoms. The van der Waals surface area contributed by atoms with E-state index in [2.05, 4.69) is 4.98 Å². The first-order chi connectivity index (χ1) is 11.0. The SMILES string of the molecule is CCCCOCCS(=O)(=O)NC(=O)c1ccc(COCC)nc1. The normalized spacial score (nSPS) is 11.4. The van der Waals surface area contributed by atoms with E-state index in [0.717, 1.165) is 12.8 Å². The second-order valence-corrected chi connectivity index (χ2v) is 6.73. The van der Waals surface area contributed by atoms with E-state index in [-0.39, 0.29) is 17.9 Å². The van der Waals surface area contributed by atoms with Crippen molar-refractivity contribution >= 4 is 15.9 Å². The lowest BCUT2D eigenvalue weighted by Gasteiger charge is -2.08. The summed E-state index contributed by atoms with van der Waals surface area (Å²) in [6, 6.07) is 3.15. The van der Waals surface area contributed by atoms with Gasteiger partial charge in [-0.3, -0.25) is 9.78 Å². The molecule has 0 aliphatic heterocycles. The Labute approximate surface area is 137 Å². The number of pyridine rings is 1. The van der Waals surface area contributed by atoms with Crippen LogP contribution in [0.4, 0.5) is 0 Å². The van der Waals surface area contributed by atoms with Crippen molar-refractivity contribution in [1.82, 2.24) is 9.71 Å². The molecule has 0 radical (unpaired) electrons. The minimum absolute atomic E-state index is 0.0636. The van der Waals surface area contributed by atoms with Crippen LogP contribution in [0.2, 0.25) is 0 Å². The number of rotatable bonds is 11. The van der Waals surface area contributed by atoms with Crippen molar-refractivity contribution in [2.24, 2.45) is 0 Å². The number of nitrogens with one attached hydrogen (secondary N) is 1. The molecule has 0 aromatic carbocycles. The molecule has 130 valence electrons. The van der Waals surface area contributed by atoms with E-state index in [1.54, 1.807) is 6.07 Å². The van der Waals surface area contributed by atoms with Crippen molar-refractivity contribution in [3.8, 4) is 0 Å². The van der Waals surface area contributed by atoms with Gasteiger partial charge in [-0.2, -0.15) is 0 Å². The van der Waals surface area contributed by atoms with E-state index < -0.39 is 15.9 Å². The quantitative estimate of drug-likeness (QED) is 0.611. The van der Waals surface area contributed by atoms with Gasteiger partial charge in [0.25, 0.3) is 5.91 Å². The third-order valence-corrected chi connectivity index (χ3v) is 4.13. The van der Waals surface area contributed by atoms with Crippen LogP contribution in [0.5, 0.6) is 0 Å². The van der Waals surface area contributed by atoms with E-state index in [1.807, 2.05) is 18.6 Å².